The number of carbonyl (C=O) groups is 2. The van der Waals surface area contributed by atoms with E-state index in [9.17, 15) is 19.5 Å². The van der Waals surface area contributed by atoms with Crippen molar-refractivity contribution in [2.45, 2.75) is 18.9 Å². The summed E-state index contributed by atoms with van der Waals surface area (Å²) in [5.74, 6) is -0.0764. The number of carboxylic acids is 1. The van der Waals surface area contributed by atoms with Gasteiger partial charge in [-0.25, -0.2) is 0 Å². The maximum atomic E-state index is 13.1. The molecule has 1 amide bonds. The quantitative estimate of drug-likeness (QED) is 0.773. The Morgan fingerprint density at radius 2 is 1.87 bits per heavy atom. The highest BCUT2D eigenvalue weighted by molar-refractivity contribution is 5.84. The van der Waals surface area contributed by atoms with Crippen LogP contribution >= 0.6 is 0 Å². The Morgan fingerprint density at radius 1 is 1.10 bits per heavy atom. The number of carboxylic acid groups (broad SMARTS) is 1. The van der Waals surface area contributed by atoms with E-state index in [1.807, 2.05) is 15.5 Å². The summed E-state index contributed by atoms with van der Waals surface area (Å²) in [6.45, 7) is 1.46. The van der Waals surface area contributed by atoms with E-state index in [1.165, 1.54) is 0 Å². The van der Waals surface area contributed by atoms with E-state index in [2.05, 4.69) is 0 Å². The molecule has 3 heterocycles. The largest absolute Gasteiger partial charge is 0.497 e. The molecule has 2 atom stereocenters. The molecule has 1 fully saturated rings. The zero-order valence-electron chi connectivity index (χ0n) is 16.9. The highest BCUT2D eigenvalue weighted by atomic mass is 16.5. The number of methoxy groups -OCH3 is 1. The van der Waals surface area contributed by atoms with Crippen LogP contribution in [0.4, 0.5) is 5.69 Å². The van der Waals surface area contributed by atoms with Crippen molar-refractivity contribution in [3.8, 4) is 5.75 Å². The Hall–Kier alpha value is -3.29. The minimum absolute atomic E-state index is 0.00844. The number of fused-ring (bicyclic) bond motifs is 4. The van der Waals surface area contributed by atoms with Crippen LogP contribution in [-0.2, 0) is 16.1 Å². The lowest BCUT2D eigenvalue weighted by Gasteiger charge is -2.43. The third kappa shape index (κ3) is 4.03. The fourth-order valence-corrected chi connectivity index (χ4v) is 4.56. The van der Waals surface area contributed by atoms with Gasteiger partial charge in [0.1, 0.15) is 12.3 Å². The van der Waals surface area contributed by atoms with Crippen molar-refractivity contribution < 1.29 is 19.4 Å². The highest BCUT2D eigenvalue weighted by Gasteiger charge is 2.36. The number of rotatable bonds is 6. The van der Waals surface area contributed by atoms with E-state index >= 15 is 0 Å². The number of anilines is 1. The molecule has 2 aliphatic heterocycles. The summed E-state index contributed by atoms with van der Waals surface area (Å²) in [5.41, 5.74) is 1.64. The molecule has 0 aliphatic carbocycles. The van der Waals surface area contributed by atoms with Gasteiger partial charge in [-0.2, -0.15) is 0 Å². The summed E-state index contributed by atoms with van der Waals surface area (Å²) >= 11 is 0. The molecule has 30 heavy (non-hydrogen) atoms. The van der Waals surface area contributed by atoms with Gasteiger partial charge < -0.3 is 24.2 Å². The number of benzene rings is 1. The first kappa shape index (κ1) is 20.0. The third-order valence-electron chi connectivity index (χ3n) is 5.92. The molecule has 2 unspecified atom stereocenters. The molecular formula is C22H25N3O5. The highest BCUT2D eigenvalue weighted by Crippen LogP contribution is 2.35. The number of amides is 1. The second-order valence-corrected chi connectivity index (χ2v) is 7.94. The fourth-order valence-electron chi connectivity index (χ4n) is 4.56. The topological polar surface area (TPSA) is 92.1 Å². The van der Waals surface area contributed by atoms with Crippen LogP contribution in [0.25, 0.3) is 0 Å². The summed E-state index contributed by atoms with van der Waals surface area (Å²) in [7, 11) is 1.56. The number of nitrogens with zero attached hydrogens (tertiary/aromatic N) is 3. The Labute approximate surface area is 174 Å². The molecular weight excluding hydrogens is 386 g/mol. The molecule has 8 nitrogen and oxygen atoms in total. The number of piperidine rings is 1. The summed E-state index contributed by atoms with van der Waals surface area (Å²) in [5, 5.41) is 9.31. The Bertz CT molecular complexity index is 1000. The van der Waals surface area contributed by atoms with Gasteiger partial charge >= 0.3 is 5.97 Å². The summed E-state index contributed by atoms with van der Waals surface area (Å²) in [6.07, 6.45) is 0.963. The van der Waals surface area contributed by atoms with Gasteiger partial charge in [0, 0.05) is 43.0 Å². The van der Waals surface area contributed by atoms with Gasteiger partial charge in [0.2, 0.25) is 5.91 Å². The number of aliphatic carboxylic acids is 1. The normalized spacial score (nSPS) is 19.7. The monoisotopic (exact) mass is 411 g/mol. The van der Waals surface area contributed by atoms with Crippen LogP contribution in [0.3, 0.4) is 0 Å². The van der Waals surface area contributed by atoms with Crippen molar-refractivity contribution >= 4 is 17.6 Å². The van der Waals surface area contributed by atoms with Crippen LogP contribution in [0.5, 0.6) is 5.75 Å². The van der Waals surface area contributed by atoms with E-state index in [-0.39, 0.29) is 36.4 Å². The number of hydrogen-bond acceptors (Lipinski definition) is 5. The van der Waals surface area contributed by atoms with Gasteiger partial charge in [-0.15, -0.1) is 0 Å². The van der Waals surface area contributed by atoms with Crippen LogP contribution in [-0.4, -0.2) is 59.7 Å². The average Bonchev–Trinajstić information content (AvgIpc) is 2.73. The van der Waals surface area contributed by atoms with Crippen LogP contribution in [0.2, 0.25) is 0 Å². The molecule has 1 saturated heterocycles. The number of pyridine rings is 1. The predicted octanol–water partition coefficient (Wildman–Crippen LogP) is 1.39. The first-order valence-corrected chi connectivity index (χ1v) is 10.0. The minimum atomic E-state index is -0.998. The number of carbonyl (C=O) groups excluding carboxylic acids is 1. The Morgan fingerprint density at radius 3 is 2.57 bits per heavy atom. The molecule has 1 N–H and O–H groups in total. The van der Waals surface area contributed by atoms with Crippen molar-refractivity contribution in [3.63, 3.8) is 0 Å². The second-order valence-electron chi connectivity index (χ2n) is 7.94. The Balaban J connectivity index is 1.50. The molecule has 2 aliphatic rings. The molecule has 158 valence electrons. The molecule has 0 spiro atoms. The minimum Gasteiger partial charge on any atom is -0.497 e. The third-order valence-corrected chi connectivity index (χ3v) is 5.92. The summed E-state index contributed by atoms with van der Waals surface area (Å²) in [4.78, 5) is 40.0. The predicted molar refractivity (Wildman–Crippen MR) is 111 cm³/mol. The maximum absolute atomic E-state index is 13.1. The fraction of sp³-hybridized carbons (Fsp3) is 0.409. The molecule has 4 rings (SSSR count). The zero-order valence-corrected chi connectivity index (χ0v) is 16.9. The van der Waals surface area contributed by atoms with E-state index < -0.39 is 5.97 Å². The van der Waals surface area contributed by atoms with Crippen molar-refractivity contribution in [1.82, 2.24) is 9.47 Å². The van der Waals surface area contributed by atoms with Gasteiger partial charge in [-0.1, -0.05) is 6.07 Å². The van der Waals surface area contributed by atoms with Crippen LogP contribution in [0.1, 0.15) is 18.0 Å². The van der Waals surface area contributed by atoms with Gasteiger partial charge in [0.15, 0.2) is 0 Å². The van der Waals surface area contributed by atoms with Crippen molar-refractivity contribution in [2.24, 2.45) is 5.92 Å². The van der Waals surface area contributed by atoms with Crippen molar-refractivity contribution in [3.05, 3.63) is 58.5 Å². The molecule has 1 aromatic carbocycles. The number of hydrogen-bond donors (Lipinski definition) is 1. The number of likely N-dealkylation sites (tertiary alicyclic amines) is 1. The number of ether oxygens (including phenoxy) is 1. The molecule has 0 saturated carbocycles. The zero-order chi connectivity index (χ0) is 21.3. The van der Waals surface area contributed by atoms with Gasteiger partial charge in [-0.3, -0.25) is 14.4 Å². The molecule has 2 bridgehead atoms. The lowest BCUT2D eigenvalue weighted by atomic mass is 9.83. The van der Waals surface area contributed by atoms with Crippen LogP contribution in [0, 0.1) is 5.92 Å². The molecule has 0 radical (unpaired) electrons. The van der Waals surface area contributed by atoms with E-state index in [1.54, 1.807) is 48.4 Å². The van der Waals surface area contributed by atoms with Gasteiger partial charge in [-0.05, 0) is 42.7 Å². The SMILES string of the molecule is COc1ccc(N(CC(=O)O)CC(=O)N2CC3CC(C2)c2cccc(=O)n2C3)cc1. The van der Waals surface area contributed by atoms with Gasteiger partial charge in [0.05, 0.1) is 13.7 Å². The smallest absolute Gasteiger partial charge is 0.323 e. The molecule has 1 aromatic heterocycles. The average molecular weight is 411 g/mol. The standard InChI is InChI=1S/C22H25N3O5/c1-30-18-7-5-17(6-8-18)23(14-22(28)29)13-21(27)24-10-15-9-16(12-24)19-3-2-4-20(26)25(19)11-15/h2-8,15-16H,9-14H2,1H3,(H,28,29). The lowest BCUT2D eigenvalue weighted by Crippen LogP contribution is -2.51. The molecule has 8 heteroatoms. The second kappa shape index (κ2) is 8.22. The lowest BCUT2D eigenvalue weighted by molar-refractivity contribution is -0.135. The summed E-state index contributed by atoms with van der Waals surface area (Å²) in [6, 6.07) is 12.3. The summed E-state index contributed by atoms with van der Waals surface area (Å²) < 4.78 is 6.98. The van der Waals surface area contributed by atoms with Gasteiger partial charge in [0.25, 0.3) is 5.56 Å². The number of aromatic nitrogens is 1. The van der Waals surface area contributed by atoms with Crippen LogP contribution in [0.15, 0.2) is 47.3 Å². The van der Waals surface area contributed by atoms with Crippen LogP contribution < -0.4 is 15.2 Å². The molecule has 2 aromatic rings. The first-order valence-electron chi connectivity index (χ1n) is 10.0. The van der Waals surface area contributed by atoms with Crippen molar-refractivity contribution in [1.29, 1.82) is 0 Å². The van der Waals surface area contributed by atoms with E-state index in [0.29, 0.717) is 31.1 Å². The Kier molecular flexibility index (Phi) is 5.48. The van der Waals surface area contributed by atoms with Crippen molar-refractivity contribution in [2.75, 3.05) is 38.2 Å². The maximum Gasteiger partial charge on any atom is 0.323 e. The van der Waals surface area contributed by atoms with E-state index in [0.717, 1.165) is 12.1 Å². The first-order chi connectivity index (χ1) is 14.4. The van der Waals surface area contributed by atoms with E-state index in [4.69, 9.17) is 4.74 Å².